The first-order chi connectivity index (χ1) is 16.2. The van der Waals surface area contributed by atoms with Gasteiger partial charge >= 0.3 is 0 Å². The number of rotatable bonds is 9. The highest BCUT2D eigenvalue weighted by molar-refractivity contribution is 6.03. The van der Waals surface area contributed by atoms with Gasteiger partial charge in [-0.15, -0.1) is 0 Å². The SMILES string of the molecule is COCCN(CC(=O)N1N=C(c2cccc(OC)c2)C[C@@H]1c1ccccc1)C(=O)CC(C)(C)C. The number of hydrogen-bond acceptors (Lipinski definition) is 5. The normalized spacial score (nSPS) is 15.7. The molecule has 2 amide bonds. The summed E-state index contributed by atoms with van der Waals surface area (Å²) >= 11 is 0. The quantitative estimate of drug-likeness (QED) is 0.554. The lowest BCUT2D eigenvalue weighted by Crippen LogP contribution is -2.43. The van der Waals surface area contributed by atoms with Crippen molar-refractivity contribution in [1.82, 2.24) is 9.91 Å². The molecule has 1 atom stereocenters. The molecule has 0 fully saturated rings. The average Bonchev–Trinajstić information content (AvgIpc) is 3.27. The molecule has 1 aliphatic heterocycles. The second kappa shape index (κ2) is 11.3. The Hall–Kier alpha value is -3.19. The molecule has 0 aliphatic carbocycles. The summed E-state index contributed by atoms with van der Waals surface area (Å²) in [5, 5.41) is 6.27. The minimum atomic E-state index is -0.239. The first kappa shape index (κ1) is 25.4. The Kier molecular flexibility index (Phi) is 8.45. The summed E-state index contributed by atoms with van der Waals surface area (Å²) in [5.41, 5.74) is 2.55. The Morgan fingerprint density at radius 3 is 2.47 bits per heavy atom. The third-order valence-corrected chi connectivity index (χ3v) is 5.68. The van der Waals surface area contributed by atoms with Gasteiger partial charge in [-0.05, 0) is 23.1 Å². The van der Waals surface area contributed by atoms with E-state index < -0.39 is 0 Å². The second-order valence-corrected chi connectivity index (χ2v) is 9.69. The molecule has 0 bridgehead atoms. The molecule has 7 nitrogen and oxygen atoms in total. The second-order valence-electron chi connectivity index (χ2n) is 9.69. The van der Waals surface area contributed by atoms with Gasteiger partial charge in [0, 0.05) is 32.1 Å². The third-order valence-electron chi connectivity index (χ3n) is 5.68. The average molecular weight is 466 g/mol. The van der Waals surface area contributed by atoms with Crippen LogP contribution >= 0.6 is 0 Å². The van der Waals surface area contributed by atoms with Crippen LogP contribution in [0.4, 0.5) is 0 Å². The molecule has 2 aromatic rings. The summed E-state index contributed by atoms with van der Waals surface area (Å²) in [5.74, 6) is 0.454. The number of carbonyl (C=O) groups excluding carboxylic acids is 2. The van der Waals surface area contributed by atoms with Gasteiger partial charge < -0.3 is 14.4 Å². The molecule has 34 heavy (non-hydrogen) atoms. The fourth-order valence-electron chi connectivity index (χ4n) is 3.95. The summed E-state index contributed by atoms with van der Waals surface area (Å²) in [6.07, 6.45) is 0.932. The lowest BCUT2D eigenvalue weighted by molar-refractivity contribution is -0.143. The number of nitrogens with zero attached hydrogens (tertiary/aromatic N) is 3. The molecule has 0 N–H and O–H groups in total. The summed E-state index contributed by atoms with van der Waals surface area (Å²) in [6.45, 7) is 6.71. The Bertz CT molecular complexity index is 1010. The molecule has 0 unspecified atom stereocenters. The molecule has 7 heteroatoms. The van der Waals surface area contributed by atoms with Crippen molar-refractivity contribution in [2.24, 2.45) is 10.5 Å². The smallest absolute Gasteiger partial charge is 0.262 e. The van der Waals surface area contributed by atoms with Crippen molar-refractivity contribution in [2.75, 3.05) is 33.9 Å². The van der Waals surface area contributed by atoms with E-state index in [2.05, 4.69) is 0 Å². The van der Waals surface area contributed by atoms with Gasteiger partial charge in [-0.2, -0.15) is 5.10 Å². The van der Waals surface area contributed by atoms with E-state index in [1.165, 1.54) is 5.01 Å². The van der Waals surface area contributed by atoms with E-state index in [0.717, 1.165) is 22.6 Å². The van der Waals surface area contributed by atoms with Crippen LogP contribution in [0.5, 0.6) is 5.75 Å². The van der Waals surface area contributed by atoms with Crippen LogP contribution in [0.2, 0.25) is 0 Å². The van der Waals surface area contributed by atoms with Crippen LogP contribution in [-0.4, -0.2) is 61.4 Å². The van der Waals surface area contributed by atoms with E-state index >= 15 is 0 Å². The zero-order chi connectivity index (χ0) is 24.7. The van der Waals surface area contributed by atoms with Crippen LogP contribution < -0.4 is 4.74 Å². The highest BCUT2D eigenvalue weighted by Crippen LogP contribution is 2.33. The van der Waals surface area contributed by atoms with Crippen molar-refractivity contribution < 1.29 is 19.1 Å². The molecule has 0 radical (unpaired) electrons. The molecule has 0 saturated carbocycles. The van der Waals surface area contributed by atoms with Gasteiger partial charge in [-0.25, -0.2) is 5.01 Å². The molecule has 1 aliphatic rings. The van der Waals surface area contributed by atoms with Crippen molar-refractivity contribution in [3.63, 3.8) is 0 Å². The Morgan fingerprint density at radius 1 is 1.09 bits per heavy atom. The highest BCUT2D eigenvalue weighted by atomic mass is 16.5. The van der Waals surface area contributed by atoms with Gasteiger partial charge in [0.2, 0.25) is 5.91 Å². The predicted octanol–water partition coefficient (Wildman–Crippen LogP) is 4.28. The van der Waals surface area contributed by atoms with Crippen LogP contribution in [0, 0.1) is 5.41 Å². The first-order valence-electron chi connectivity index (χ1n) is 11.6. The van der Waals surface area contributed by atoms with Gasteiger partial charge in [0.1, 0.15) is 12.3 Å². The highest BCUT2D eigenvalue weighted by Gasteiger charge is 2.34. The van der Waals surface area contributed by atoms with Gasteiger partial charge in [0.05, 0.1) is 25.5 Å². The number of hydrazone groups is 1. The van der Waals surface area contributed by atoms with Crippen LogP contribution in [-0.2, 0) is 14.3 Å². The molecular weight excluding hydrogens is 430 g/mol. The predicted molar refractivity (Wildman–Crippen MR) is 133 cm³/mol. The fraction of sp³-hybridized carbons (Fsp3) is 0.444. The van der Waals surface area contributed by atoms with E-state index in [1.54, 1.807) is 19.1 Å². The van der Waals surface area contributed by atoms with Crippen molar-refractivity contribution in [1.29, 1.82) is 0 Å². The minimum absolute atomic E-state index is 0.0451. The minimum Gasteiger partial charge on any atom is -0.497 e. The van der Waals surface area contributed by atoms with Crippen molar-refractivity contribution in [3.05, 3.63) is 65.7 Å². The van der Waals surface area contributed by atoms with Gasteiger partial charge in [-0.3, -0.25) is 9.59 Å². The van der Waals surface area contributed by atoms with Crippen molar-refractivity contribution in [2.45, 2.75) is 39.7 Å². The van der Waals surface area contributed by atoms with Crippen LogP contribution in [0.25, 0.3) is 0 Å². The Balaban J connectivity index is 1.88. The molecule has 0 saturated heterocycles. The van der Waals surface area contributed by atoms with Crippen molar-refractivity contribution in [3.8, 4) is 5.75 Å². The monoisotopic (exact) mass is 465 g/mol. The number of benzene rings is 2. The van der Waals surface area contributed by atoms with E-state index in [-0.39, 0.29) is 29.8 Å². The number of amides is 2. The Labute approximate surface area is 202 Å². The molecule has 0 aromatic heterocycles. The molecular formula is C27H35N3O4. The number of carbonyl (C=O) groups is 2. The summed E-state index contributed by atoms with van der Waals surface area (Å²) < 4.78 is 10.6. The summed E-state index contributed by atoms with van der Waals surface area (Å²) in [4.78, 5) is 28.1. The first-order valence-corrected chi connectivity index (χ1v) is 11.6. The molecule has 2 aromatic carbocycles. The van der Waals surface area contributed by atoms with Crippen molar-refractivity contribution >= 4 is 17.5 Å². The van der Waals surface area contributed by atoms with Gasteiger partial charge in [-0.1, -0.05) is 63.2 Å². The molecule has 0 spiro atoms. The topological polar surface area (TPSA) is 71.4 Å². The van der Waals surface area contributed by atoms with Gasteiger partial charge in [0.15, 0.2) is 0 Å². The fourth-order valence-corrected chi connectivity index (χ4v) is 3.95. The number of hydrogen-bond donors (Lipinski definition) is 0. The van der Waals surface area contributed by atoms with Crippen LogP contribution in [0.1, 0.15) is 50.8 Å². The number of methoxy groups -OCH3 is 2. The molecule has 1 heterocycles. The third kappa shape index (κ3) is 6.67. The Morgan fingerprint density at radius 2 is 1.82 bits per heavy atom. The largest absolute Gasteiger partial charge is 0.497 e. The zero-order valence-corrected chi connectivity index (χ0v) is 20.8. The van der Waals surface area contributed by atoms with E-state index in [0.29, 0.717) is 26.0 Å². The molecule has 3 rings (SSSR count). The van der Waals surface area contributed by atoms with E-state index in [4.69, 9.17) is 14.6 Å². The van der Waals surface area contributed by atoms with Crippen LogP contribution in [0.3, 0.4) is 0 Å². The van der Waals surface area contributed by atoms with Crippen LogP contribution in [0.15, 0.2) is 59.7 Å². The number of ether oxygens (including phenoxy) is 2. The maximum absolute atomic E-state index is 13.5. The lowest BCUT2D eigenvalue weighted by atomic mass is 9.91. The maximum Gasteiger partial charge on any atom is 0.262 e. The maximum atomic E-state index is 13.5. The lowest BCUT2D eigenvalue weighted by Gasteiger charge is -2.29. The zero-order valence-electron chi connectivity index (χ0n) is 20.8. The molecule has 182 valence electrons. The van der Waals surface area contributed by atoms with E-state index in [1.807, 2.05) is 75.4 Å². The summed E-state index contributed by atoms with van der Waals surface area (Å²) in [7, 11) is 3.21. The summed E-state index contributed by atoms with van der Waals surface area (Å²) in [6, 6.07) is 17.3. The standard InChI is InChI=1S/C27H35N3O4/c1-27(2,3)18-25(31)29(14-15-33-4)19-26(32)30-24(20-10-7-6-8-11-20)17-23(28-30)21-12-9-13-22(16-21)34-5/h6-13,16,24H,14-15,17-19H2,1-5H3/t24-/m1/s1. The van der Waals surface area contributed by atoms with Gasteiger partial charge in [0.25, 0.3) is 5.91 Å². The van der Waals surface area contributed by atoms with E-state index in [9.17, 15) is 9.59 Å².